The van der Waals surface area contributed by atoms with Gasteiger partial charge in [0.2, 0.25) is 0 Å². The first-order valence-electron chi connectivity index (χ1n) is 8.42. The normalized spacial score (nSPS) is 30.0. The summed E-state index contributed by atoms with van der Waals surface area (Å²) < 4.78 is 17.2. The molecule has 1 fully saturated rings. The van der Waals surface area contributed by atoms with E-state index in [-0.39, 0.29) is 30.4 Å². The second kappa shape index (κ2) is 7.36. The van der Waals surface area contributed by atoms with Gasteiger partial charge in [-0.1, -0.05) is 18.2 Å². The third-order valence-electron chi connectivity index (χ3n) is 4.67. The predicted molar refractivity (Wildman–Crippen MR) is 89.2 cm³/mol. The van der Waals surface area contributed by atoms with Crippen molar-refractivity contribution < 1.29 is 24.1 Å². The van der Waals surface area contributed by atoms with E-state index in [9.17, 15) is 9.90 Å². The number of carbonyl (C=O) groups excluding carboxylic acids is 1. The van der Waals surface area contributed by atoms with Crippen molar-refractivity contribution in [3.63, 3.8) is 0 Å². The van der Waals surface area contributed by atoms with Gasteiger partial charge in [0.05, 0.1) is 25.4 Å². The van der Waals surface area contributed by atoms with Gasteiger partial charge in [0.25, 0.3) is 0 Å². The van der Waals surface area contributed by atoms with Crippen molar-refractivity contribution in [2.45, 2.75) is 56.5 Å². The standard InChI is InChI=1S/C19H24O5/c1-3-5-14-11-16-10-13(20)9-15(23-16)8-12-6-4-7-17(22-2)18(12)19(21)24-14/h3-4,6-7,13-16,20H,1,5,8-11H2,2H3/t13?,14-,15-,16+/m1/s1. The quantitative estimate of drug-likeness (QED) is 0.681. The molecule has 0 aliphatic carbocycles. The number of esters is 1. The molecule has 0 amide bonds. The number of carbonyl (C=O) groups is 1. The Kier molecular flexibility index (Phi) is 5.21. The van der Waals surface area contributed by atoms with E-state index in [1.807, 2.05) is 12.1 Å². The van der Waals surface area contributed by atoms with E-state index in [0.29, 0.717) is 43.4 Å². The summed E-state index contributed by atoms with van der Waals surface area (Å²) in [5.41, 5.74) is 1.28. The minimum absolute atomic E-state index is 0.108. The Morgan fingerprint density at radius 1 is 1.33 bits per heavy atom. The zero-order valence-corrected chi connectivity index (χ0v) is 13.9. The van der Waals surface area contributed by atoms with Gasteiger partial charge in [-0.25, -0.2) is 4.79 Å². The second-order valence-corrected chi connectivity index (χ2v) is 6.49. The molecule has 1 aromatic rings. The molecule has 5 nitrogen and oxygen atoms in total. The molecule has 1 unspecified atom stereocenters. The largest absolute Gasteiger partial charge is 0.496 e. The summed E-state index contributed by atoms with van der Waals surface area (Å²) in [4.78, 5) is 12.7. The van der Waals surface area contributed by atoms with E-state index in [0.717, 1.165) is 5.56 Å². The fourth-order valence-corrected chi connectivity index (χ4v) is 3.65. The Bertz CT molecular complexity index is 612. The number of cyclic esters (lactones) is 1. The molecular weight excluding hydrogens is 308 g/mol. The molecule has 1 saturated heterocycles. The van der Waals surface area contributed by atoms with Gasteiger partial charge < -0.3 is 19.3 Å². The SMILES string of the molecule is C=CC[C@@H]1C[C@@H]2CC(O)C[C@@H](Cc3cccc(OC)c3C(=O)O1)O2. The summed E-state index contributed by atoms with van der Waals surface area (Å²) in [6, 6.07) is 5.50. The molecule has 3 rings (SSSR count). The van der Waals surface area contributed by atoms with Gasteiger partial charge in [-0.05, 0) is 30.9 Å². The van der Waals surface area contributed by atoms with E-state index >= 15 is 0 Å². The van der Waals surface area contributed by atoms with Crippen molar-refractivity contribution in [2.75, 3.05) is 7.11 Å². The van der Waals surface area contributed by atoms with Crippen LogP contribution in [-0.2, 0) is 15.9 Å². The molecule has 4 atom stereocenters. The van der Waals surface area contributed by atoms with Crippen molar-refractivity contribution in [1.29, 1.82) is 0 Å². The molecule has 2 aliphatic rings. The summed E-state index contributed by atoms with van der Waals surface area (Å²) in [6.07, 6.45) is 3.64. The lowest BCUT2D eigenvalue weighted by Gasteiger charge is -2.36. The van der Waals surface area contributed by atoms with Crippen LogP contribution in [-0.4, -0.2) is 42.6 Å². The number of rotatable bonds is 3. The molecule has 130 valence electrons. The van der Waals surface area contributed by atoms with E-state index in [1.54, 1.807) is 19.3 Å². The highest BCUT2D eigenvalue weighted by Gasteiger charge is 2.34. The number of hydrogen-bond acceptors (Lipinski definition) is 5. The highest BCUT2D eigenvalue weighted by Crippen LogP contribution is 2.32. The second-order valence-electron chi connectivity index (χ2n) is 6.49. The molecule has 0 aromatic heterocycles. The maximum Gasteiger partial charge on any atom is 0.342 e. The lowest BCUT2D eigenvalue weighted by atomic mass is 9.91. The van der Waals surface area contributed by atoms with Crippen LogP contribution in [0.5, 0.6) is 5.75 Å². The van der Waals surface area contributed by atoms with Crippen LogP contribution in [0, 0.1) is 0 Å². The van der Waals surface area contributed by atoms with Gasteiger partial charge in [0.1, 0.15) is 17.4 Å². The van der Waals surface area contributed by atoms with Crippen LogP contribution in [0.2, 0.25) is 0 Å². The van der Waals surface area contributed by atoms with E-state index in [2.05, 4.69) is 6.58 Å². The number of hydrogen-bond donors (Lipinski definition) is 1. The van der Waals surface area contributed by atoms with E-state index in [1.165, 1.54) is 0 Å². The van der Waals surface area contributed by atoms with Gasteiger partial charge in [0.15, 0.2) is 0 Å². The fourth-order valence-electron chi connectivity index (χ4n) is 3.65. The molecule has 0 radical (unpaired) electrons. The molecule has 5 heteroatoms. The third kappa shape index (κ3) is 3.62. The lowest BCUT2D eigenvalue weighted by molar-refractivity contribution is -0.109. The molecule has 2 aliphatic heterocycles. The molecule has 24 heavy (non-hydrogen) atoms. The number of aliphatic hydroxyl groups excluding tert-OH is 1. The zero-order valence-electron chi connectivity index (χ0n) is 13.9. The first-order chi connectivity index (χ1) is 11.6. The summed E-state index contributed by atoms with van der Waals surface area (Å²) in [5.74, 6) is 0.137. The van der Waals surface area contributed by atoms with Crippen LogP contribution < -0.4 is 4.74 Å². The maximum atomic E-state index is 12.7. The number of ether oxygens (including phenoxy) is 3. The average Bonchev–Trinajstić information content (AvgIpc) is 2.53. The van der Waals surface area contributed by atoms with Crippen LogP contribution in [0.1, 0.15) is 41.6 Å². The Balaban J connectivity index is 1.99. The van der Waals surface area contributed by atoms with Gasteiger partial charge in [0, 0.05) is 12.8 Å². The molecule has 0 saturated carbocycles. The first kappa shape index (κ1) is 17.0. The Hall–Kier alpha value is -1.85. The highest BCUT2D eigenvalue weighted by atomic mass is 16.6. The minimum Gasteiger partial charge on any atom is -0.496 e. The van der Waals surface area contributed by atoms with Gasteiger partial charge in [-0.15, -0.1) is 6.58 Å². The summed E-state index contributed by atoms with van der Waals surface area (Å²) >= 11 is 0. The minimum atomic E-state index is -0.387. The van der Waals surface area contributed by atoms with Crippen molar-refractivity contribution in [3.05, 3.63) is 42.0 Å². The number of methoxy groups -OCH3 is 1. The zero-order chi connectivity index (χ0) is 17.1. The van der Waals surface area contributed by atoms with E-state index < -0.39 is 0 Å². The van der Waals surface area contributed by atoms with Crippen molar-refractivity contribution in [3.8, 4) is 5.75 Å². The van der Waals surface area contributed by atoms with Crippen LogP contribution in [0.4, 0.5) is 0 Å². The molecule has 1 aromatic carbocycles. The Morgan fingerprint density at radius 3 is 2.88 bits per heavy atom. The lowest BCUT2D eigenvalue weighted by Crippen LogP contribution is -2.40. The topological polar surface area (TPSA) is 65.0 Å². The summed E-state index contributed by atoms with van der Waals surface area (Å²) in [6.45, 7) is 3.74. The molecule has 2 heterocycles. The third-order valence-corrected chi connectivity index (χ3v) is 4.67. The Labute approximate surface area is 142 Å². The molecule has 0 spiro atoms. The number of aliphatic hydroxyl groups is 1. The summed E-state index contributed by atoms with van der Waals surface area (Å²) in [5, 5.41) is 10.2. The fraction of sp³-hybridized carbons (Fsp3) is 0.526. The van der Waals surface area contributed by atoms with Crippen LogP contribution in [0.15, 0.2) is 30.9 Å². The monoisotopic (exact) mass is 332 g/mol. The molecular formula is C19H24O5. The van der Waals surface area contributed by atoms with Crippen molar-refractivity contribution in [2.24, 2.45) is 0 Å². The van der Waals surface area contributed by atoms with Gasteiger partial charge >= 0.3 is 5.97 Å². The maximum absolute atomic E-state index is 12.7. The van der Waals surface area contributed by atoms with Gasteiger partial charge in [-0.3, -0.25) is 0 Å². The average molecular weight is 332 g/mol. The van der Waals surface area contributed by atoms with Crippen LogP contribution >= 0.6 is 0 Å². The van der Waals surface area contributed by atoms with Crippen molar-refractivity contribution in [1.82, 2.24) is 0 Å². The smallest absolute Gasteiger partial charge is 0.342 e. The Morgan fingerprint density at radius 2 is 2.12 bits per heavy atom. The van der Waals surface area contributed by atoms with Crippen LogP contribution in [0.3, 0.4) is 0 Å². The van der Waals surface area contributed by atoms with Crippen molar-refractivity contribution >= 4 is 5.97 Å². The number of fused-ring (bicyclic) bond motifs is 3. The van der Waals surface area contributed by atoms with Crippen LogP contribution in [0.25, 0.3) is 0 Å². The summed E-state index contributed by atoms with van der Waals surface area (Å²) in [7, 11) is 1.54. The highest BCUT2D eigenvalue weighted by molar-refractivity contribution is 5.94. The van der Waals surface area contributed by atoms with Gasteiger partial charge in [-0.2, -0.15) is 0 Å². The first-order valence-corrected chi connectivity index (χ1v) is 8.42. The predicted octanol–water partition coefficient (Wildman–Crippen LogP) is 2.65. The molecule has 2 bridgehead atoms. The van der Waals surface area contributed by atoms with E-state index in [4.69, 9.17) is 14.2 Å². The molecule has 1 N–H and O–H groups in total. The number of benzene rings is 1.